The SMILES string of the molecule is Cl.NC1CCC(C(=O)Nc2ccc(OCc3ccccc3Cl)cc2)C1. The highest BCUT2D eigenvalue weighted by Crippen LogP contribution is 2.26. The Hall–Kier alpha value is -1.75. The van der Waals surface area contributed by atoms with E-state index in [9.17, 15) is 4.79 Å². The molecular weight excluding hydrogens is 359 g/mol. The van der Waals surface area contributed by atoms with Crippen molar-refractivity contribution in [1.82, 2.24) is 0 Å². The Morgan fingerprint density at radius 1 is 1.16 bits per heavy atom. The molecule has 1 saturated carbocycles. The number of anilines is 1. The van der Waals surface area contributed by atoms with Crippen LogP contribution in [-0.4, -0.2) is 11.9 Å². The number of hydrogen-bond donors (Lipinski definition) is 2. The quantitative estimate of drug-likeness (QED) is 0.807. The molecule has 2 unspecified atom stereocenters. The number of nitrogens with one attached hydrogen (secondary N) is 1. The van der Waals surface area contributed by atoms with Crippen LogP contribution in [0.15, 0.2) is 48.5 Å². The second kappa shape index (κ2) is 9.09. The number of benzene rings is 2. The molecule has 1 aliphatic rings. The normalized spacial score (nSPS) is 19.1. The number of hydrogen-bond acceptors (Lipinski definition) is 3. The van der Waals surface area contributed by atoms with E-state index >= 15 is 0 Å². The number of amides is 1. The van der Waals surface area contributed by atoms with Crippen molar-refractivity contribution in [2.75, 3.05) is 5.32 Å². The van der Waals surface area contributed by atoms with E-state index in [1.54, 1.807) is 0 Å². The summed E-state index contributed by atoms with van der Waals surface area (Å²) in [6.07, 6.45) is 2.56. The van der Waals surface area contributed by atoms with Crippen LogP contribution in [0.5, 0.6) is 5.75 Å². The molecule has 1 amide bonds. The number of nitrogens with two attached hydrogens (primary N) is 1. The van der Waals surface area contributed by atoms with E-state index in [4.69, 9.17) is 22.1 Å². The minimum atomic E-state index is 0. The van der Waals surface area contributed by atoms with Gasteiger partial charge in [0, 0.05) is 28.2 Å². The van der Waals surface area contributed by atoms with Gasteiger partial charge in [0.05, 0.1) is 0 Å². The lowest BCUT2D eigenvalue weighted by molar-refractivity contribution is -0.119. The van der Waals surface area contributed by atoms with Gasteiger partial charge in [-0.15, -0.1) is 12.4 Å². The van der Waals surface area contributed by atoms with E-state index in [2.05, 4.69) is 5.32 Å². The Balaban J connectivity index is 0.00000225. The maximum atomic E-state index is 12.2. The summed E-state index contributed by atoms with van der Waals surface area (Å²) >= 11 is 6.11. The second-order valence-corrected chi connectivity index (χ2v) is 6.57. The fraction of sp³-hybridized carbons (Fsp3) is 0.316. The molecule has 6 heteroatoms. The summed E-state index contributed by atoms with van der Waals surface area (Å²) in [5, 5.41) is 3.63. The first-order valence-corrected chi connectivity index (χ1v) is 8.52. The molecule has 2 atom stereocenters. The van der Waals surface area contributed by atoms with Gasteiger partial charge in [-0.3, -0.25) is 4.79 Å². The van der Waals surface area contributed by atoms with Gasteiger partial charge < -0.3 is 15.8 Å². The molecule has 0 heterocycles. The molecule has 0 spiro atoms. The third-order valence-electron chi connectivity index (χ3n) is 4.32. The lowest BCUT2D eigenvalue weighted by Crippen LogP contribution is -2.23. The fourth-order valence-corrected chi connectivity index (χ4v) is 3.10. The molecule has 2 aromatic carbocycles. The summed E-state index contributed by atoms with van der Waals surface area (Å²) < 4.78 is 5.73. The van der Waals surface area contributed by atoms with Crippen LogP contribution in [-0.2, 0) is 11.4 Å². The van der Waals surface area contributed by atoms with E-state index in [1.165, 1.54) is 0 Å². The van der Waals surface area contributed by atoms with Crippen LogP contribution in [0.3, 0.4) is 0 Å². The van der Waals surface area contributed by atoms with Crippen LogP contribution in [0.25, 0.3) is 0 Å². The van der Waals surface area contributed by atoms with E-state index < -0.39 is 0 Å². The number of rotatable bonds is 5. The molecule has 3 rings (SSSR count). The van der Waals surface area contributed by atoms with Gasteiger partial charge in [-0.25, -0.2) is 0 Å². The van der Waals surface area contributed by atoms with Crippen LogP contribution in [0.1, 0.15) is 24.8 Å². The van der Waals surface area contributed by atoms with Crippen molar-refractivity contribution < 1.29 is 9.53 Å². The molecule has 4 nitrogen and oxygen atoms in total. The van der Waals surface area contributed by atoms with Gasteiger partial charge in [-0.05, 0) is 49.6 Å². The van der Waals surface area contributed by atoms with Crippen molar-refractivity contribution in [2.24, 2.45) is 11.7 Å². The molecule has 1 aliphatic carbocycles. The Labute approximate surface area is 159 Å². The topological polar surface area (TPSA) is 64.4 Å². The second-order valence-electron chi connectivity index (χ2n) is 6.16. The van der Waals surface area contributed by atoms with Crippen LogP contribution in [0, 0.1) is 5.92 Å². The van der Waals surface area contributed by atoms with Crippen molar-refractivity contribution in [2.45, 2.75) is 31.9 Å². The third-order valence-corrected chi connectivity index (χ3v) is 4.69. The minimum absolute atomic E-state index is 0. The standard InChI is InChI=1S/C19H21ClN2O2.ClH/c20-18-4-2-1-3-14(18)12-24-17-9-7-16(8-10-17)22-19(23)13-5-6-15(21)11-13;/h1-4,7-10,13,15H,5-6,11-12,21H2,(H,22,23);1H. The Morgan fingerprint density at radius 2 is 1.88 bits per heavy atom. The first-order chi connectivity index (χ1) is 11.6. The summed E-state index contributed by atoms with van der Waals surface area (Å²) in [7, 11) is 0. The van der Waals surface area contributed by atoms with E-state index in [1.807, 2.05) is 48.5 Å². The zero-order valence-electron chi connectivity index (χ0n) is 13.8. The Kier molecular flexibility index (Phi) is 7.12. The molecule has 2 aromatic rings. The monoisotopic (exact) mass is 380 g/mol. The zero-order valence-corrected chi connectivity index (χ0v) is 15.4. The number of halogens is 2. The van der Waals surface area contributed by atoms with Gasteiger partial charge >= 0.3 is 0 Å². The van der Waals surface area contributed by atoms with Crippen LogP contribution in [0.4, 0.5) is 5.69 Å². The van der Waals surface area contributed by atoms with Gasteiger partial charge in [-0.2, -0.15) is 0 Å². The Bertz CT molecular complexity index is 707. The number of carbonyl (C=O) groups excluding carboxylic acids is 1. The zero-order chi connectivity index (χ0) is 16.9. The van der Waals surface area contributed by atoms with Crippen molar-refractivity contribution in [3.05, 3.63) is 59.1 Å². The average molecular weight is 381 g/mol. The highest BCUT2D eigenvalue weighted by atomic mass is 35.5. The van der Waals surface area contributed by atoms with Crippen LogP contribution in [0.2, 0.25) is 5.02 Å². The lowest BCUT2D eigenvalue weighted by Gasteiger charge is -2.12. The highest BCUT2D eigenvalue weighted by molar-refractivity contribution is 6.31. The first kappa shape index (κ1) is 19.6. The summed E-state index contributed by atoms with van der Waals surface area (Å²) in [5.74, 6) is 0.805. The average Bonchev–Trinajstić information content (AvgIpc) is 3.02. The molecule has 0 aliphatic heterocycles. The van der Waals surface area contributed by atoms with Crippen LogP contribution < -0.4 is 15.8 Å². The first-order valence-electron chi connectivity index (χ1n) is 8.14. The highest BCUT2D eigenvalue weighted by Gasteiger charge is 2.27. The summed E-state index contributed by atoms with van der Waals surface area (Å²) in [6, 6.07) is 15.1. The third kappa shape index (κ3) is 5.36. The van der Waals surface area contributed by atoms with Crippen molar-refractivity contribution in [3.8, 4) is 5.75 Å². The molecule has 0 aromatic heterocycles. The van der Waals surface area contributed by atoms with E-state index in [0.717, 1.165) is 36.3 Å². The smallest absolute Gasteiger partial charge is 0.227 e. The molecule has 0 bridgehead atoms. The predicted molar refractivity (Wildman–Crippen MR) is 103 cm³/mol. The van der Waals surface area contributed by atoms with Crippen molar-refractivity contribution in [3.63, 3.8) is 0 Å². The molecular formula is C19H22Cl2N2O2. The summed E-state index contributed by atoms with van der Waals surface area (Å²) in [5.41, 5.74) is 7.57. The molecule has 134 valence electrons. The largest absolute Gasteiger partial charge is 0.489 e. The van der Waals surface area contributed by atoms with E-state index in [-0.39, 0.29) is 30.3 Å². The number of carbonyl (C=O) groups is 1. The Morgan fingerprint density at radius 3 is 2.52 bits per heavy atom. The van der Waals surface area contributed by atoms with Crippen molar-refractivity contribution >= 4 is 35.6 Å². The summed E-state index contributed by atoms with van der Waals surface area (Å²) in [4.78, 5) is 12.2. The van der Waals surface area contributed by atoms with Crippen LogP contribution >= 0.6 is 24.0 Å². The molecule has 3 N–H and O–H groups in total. The number of ether oxygens (including phenoxy) is 1. The van der Waals surface area contributed by atoms with E-state index in [0.29, 0.717) is 11.6 Å². The minimum Gasteiger partial charge on any atom is -0.489 e. The van der Waals surface area contributed by atoms with Gasteiger partial charge in [-0.1, -0.05) is 29.8 Å². The maximum Gasteiger partial charge on any atom is 0.227 e. The van der Waals surface area contributed by atoms with Gasteiger partial charge in [0.2, 0.25) is 5.91 Å². The summed E-state index contributed by atoms with van der Waals surface area (Å²) in [6.45, 7) is 0.408. The van der Waals surface area contributed by atoms with Gasteiger partial charge in [0.15, 0.2) is 0 Å². The maximum absolute atomic E-state index is 12.2. The van der Waals surface area contributed by atoms with Crippen molar-refractivity contribution in [1.29, 1.82) is 0 Å². The van der Waals surface area contributed by atoms with Gasteiger partial charge in [0.25, 0.3) is 0 Å². The molecule has 25 heavy (non-hydrogen) atoms. The molecule has 0 radical (unpaired) electrons. The predicted octanol–water partition coefficient (Wildman–Crippen LogP) is 4.41. The van der Waals surface area contributed by atoms with Gasteiger partial charge in [0.1, 0.15) is 12.4 Å². The molecule has 1 fully saturated rings. The molecule has 0 saturated heterocycles. The lowest BCUT2D eigenvalue weighted by atomic mass is 10.1. The fourth-order valence-electron chi connectivity index (χ4n) is 2.91.